The van der Waals surface area contributed by atoms with E-state index >= 15 is 0 Å². The molecule has 7 nitrogen and oxygen atoms in total. The number of carbonyl (C=O) groups is 1. The molecule has 0 radical (unpaired) electrons. The minimum absolute atomic E-state index is 0.0147. The summed E-state index contributed by atoms with van der Waals surface area (Å²) in [6.45, 7) is 1.45. The average Bonchev–Trinajstić information content (AvgIpc) is 3.13. The van der Waals surface area contributed by atoms with Crippen LogP contribution in [-0.2, 0) is 27.8 Å². The summed E-state index contributed by atoms with van der Waals surface area (Å²) in [6.07, 6.45) is 2.74. The topological polar surface area (TPSA) is 79.8 Å². The van der Waals surface area contributed by atoms with E-state index in [0.29, 0.717) is 43.3 Å². The highest BCUT2D eigenvalue weighted by molar-refractivity contribution is 7.88. The van der Waals surface area contributed by atoms with Crippen LogP contribution in [-0.4, -0.2) is 60.9 Å². The average molecular weight is 458 g/mol. The van der Waals surface area contributed by atoms with E-state index in [4.69, 9.17) is 16.3 Å². The molecule has 0 bridgehead atoms. The summed E-state index contributed by atoms with van der Waals surface area (Å²) in [5, 5.41) is 3.33. The molecular formula is C19H24ClN3O4S2. The van der Waals surface area contributed by atoms with Crippen molar-refractivity contribution >= 4 is 38.9 Å². The molecule has 0 aliphatic carbocycles. The van der Waals surface area contributed by atoms with Crippen molar-refractivity contribution in [2.45, 2.75) is 31.9 Å². The van der Waals surface area contributed by atoms with Crippen LogP contribution in [0.1, 0.15) is 23.5 Å². The van der Waals surface area contributed by atoms with Gasteiger partial charge in [-0.3, -0.25) is 4.79 Å². The quantitative estimate of drug-likeness (QED) is 0.638. The molecule has 0 spiro atoms. The van der Waals surface area contributed by atoms with Crippen LogP contribution in [0.2, 0.25) is 5.02 Å². The maximum absolute atomic E-state index is 12.6. The molecule has 1 aliphatic heterocycles. The number of likely N-dealkylation sites (tertiary alicyclic amines) is 1. The van der Waals surface area contributed by atoms with Gasteiger partial charge in [0.1, 0.15) is 17.4 Å². The number of amides is 1. The van der Waals surface area contributed by atoms with E-state index in [0.717, 1.165) is 10.7 Å². The van der Waals surface area contributed by atoms with Gasteiger partial charge in [0.05, 0.1) is 18.4 Å². The Kier molecular flexibility index (Phi) is 7.15. The van der Waals surface area contributed by atoms with Crippen molar-refractivity contribution < 1.29 is 17.9 Å². The van der Waals surface area contributed by atoms with Gasteiger partial charge in [-0.15, -0.1) is 11.3 Å². The van der Waals surface area contributed by atoms with Crippen LogP contribution < -0.4 is 4.74 Å². The van der Waals surface area contributed by atoms with E-state index in [-0.39, 0.29) is 18.4 Å². The maximum atomic E-state index is 12.6. The third-order valence-electron chi connectivity index (χ3n) is 4.96. The van der Waals surface area contributed by atoms with Gasteiger partial charge in [-0.1, -0.05) is 11.6 Å². The number of piperidine rings is 1. The monoisotopic (exact) mass is 457 g/mol. The van der Waals surface area contributed by atoms with Crippen LogP contribution in [0.4, 0.5) is 0 Å². The molecule has 1 aliphatic rings. The number of thiazole rings is 1. The van der Waals surface area contributed by atoms with Gasteiger partial charge in [-0.05, 0) is 37.1 Å². The van der Waals surface area contributed by atoms with Gasteiger partial charge in [0.25, 0.3) is 0 Å². The van der Waals surface area contributed by atoms with Crippen molar-refractivity contribution in [2.75, 3.05) is 26.4 Å². The zero-order chi connectivity index (χ0) is 21.0. The highest BCUT2D eigenvalue weighted by atomic mass is 35.5. The highest BCUT2D eigenvalue weighted by Gasteiger charge is 2.29. The van der Waals surface area contributed by atoms with E-state index in [1.165, 1.54) is 21.9 Å². The number of sulfonamides is 1. The van der Waals surface area contributed by atoms with E-state index in [9.17, 15) is 13.2 Å². The number of nitrogens with zero attached hydrogens (tertiary/aromatic N) is 3. The van der Waals surface area contributed by atoms with Crippen molar-refractivity contribution in [3.8, 4) is 5.75 Å². The van der Waals surface area contributed by atoms with Crippen LogP contribution in [0.25, 0.3) is 0 Å². The van der Waals surface area contributed by atoms with Crippen molar-refractivity contribution in [1.29, 1.82) is 0 Å². The lowest BCUT2D eigenvalue weighted by molar-refractivity contribution is -0.131. The van der Waals surface area contributed by atoms with Gasteiger partial charge in [0.15, 0.2) is 0 Å². The molecule has 1 fully saturated rings. The third kappa shape index (κ3) is 6.15. The molecule has 1 saturated heterocycles. The number of carbonyl (C=O) groups excluding carboxylic acids is 1. The first-order valence-corrected chi connectivity index (χ1v) is 12.4. The van der Waals surface area contributed by atoms with Gasteiger partial charge in [-0.2, -0.15) is 0 Å². The summed E-state index contributed by atoms with van der Waals surface area (Å²) in [6, 6.07) is 7.07. The van der Waals surface area contributed by atoms with E-state index < -0.39 is 10.0 Å². The second kappa shape index (κ2) is 9.42. The first kappa shape index (κ1) is 22.0. The molecule has 2 heterocycles. The molecule has 1 amide bonds. The molecule has 3 rings (SSSR count). The fourth-order valence-electron chi connectivity index (χ4n) is 3.19. The standard InChI is InChI=1S/C19H24ClN3O4S2/c1-22(29(2,25)26)16-7-9-23(10-8-16)19(24)11-15-13-28-18(21-15)12-27-17-5-3-14(20)4-6-17/h3-6,13,16H,7-12H2,1-2H3. The van der Waals surface area contributed by atoms with Crippen molar-refractivity contribution in [2.24, 2.45) is 0 Å². The molecule has 10 heteroatoms. The second-order valence-corrected chi connectivity index (χ2v) is 10.5. The maximum Gasteiger partial charge on any atom is 0.228 e. The van der Waals surface area contributed by atoms with Crippen LogP contribution >= 0.6 is 22.9 Å². The summed E-state index contributed by atoms with van der Waals surface area (Å²) >= 11 is 7.32. The first-order chi connectivity index (χ1) is 13.7. The van der Waals surface area contributed by atoms with Gasteiger partial charge >= 0.3 is 0 Å². The molecule has 2 aromatic rings. The van der Waals surface area contributed by atoms with E-state index in [1.807, 2.05) is 5.38 Å². The molecule has 0 N–H and O–H groups in total. The van der Waals surface area contributed by atoms with Gasteiger partial charge in [0.2, 0.25) is 15.9 Å². The summed E-state index contributed by atoms with van der Waals surface area (Å²) in [5.41, 5.74) is 0.727. The minimum Gasteiger partial charge on any atom is -0.486 e. The number of halogens is 1. The number of hydrogen-bond acceptors (Lipinski definition) is 6. The predicted octanol–water partition coefficient (Wildman–Crippen LogP) is 2.80. The van der Waals surface area contributed by atoms with Crippen molar-refractivity contribution in [3.63, 3.8) is 0 Å². The molecule has 0 saturated carbocycles. The normalized spacial score (nSPS) is 15.7. The second-order valence-electron chi connectivity index (χ2n) is 7.04. The number of rotatable bonds is 7. The largest absolute Gasteiger partial charge is 0.486 e. The zero-order valence-electron chi connectivity index (χ0n) is 16.4. The lowest BCUT2D eigenvalue weighted by atomic mass is 10.0. The van der Waals surface area contributed by atoms with E-state index in [2.05, 4.69) is 4.98 Å². The third-order valence-corrected chi connectivity index (χ3v) is 7.43. The number of benzene rings is 1. The first-order valence-electron chi connectivity index (χ1n) is 9.25. The SMILES string of the molecule is CN(C1CCN(C(=O)Cc2csc(COc3ccc(Cl)cc3)n2)CC1)S(C)(=O)=O. The van der Waals surface area contributed by atoms with Crippen LogP contribution in [0, 0.1) is 0 Å². The molecular weight excluding hydrogens is 434 g/mol. The number of ether oxygens (including phenoxy) is 1. The smallest absolute Gasteiger partial charge is 0.228 e. The zero-order valence-corrected chi connectivity index (χ0v) is 18.8. The van der Waals surface area contributed by atoms with Crippen LogP contribution in [0.3, 0.4) is 0 Å². The molecule has 1 aromatic carbocycles. The Hall–Kier alpha value is -1.68. The van der Waals surface area contributed by atoms with Crippen LogP contribution in [0.5, 0.6) is 5.75 Å². The molecule has 1 aromatic heterocycles. The van der Waals surface area contributed by atoms with Crippen LogP contribution in [0.15, 0.2) is 29.6 Å². The lowest BCUT2D eigenvalue weighted by Gasteiger charge is -2.35. The van der Waals surface area contributed by atoms with Gasteiger partial charge in [-0.25, -0.2) is 17.7 Å². The summed E-state index contributed by atoms with van der Waals surface area (Å²) in [5.74, 6) is 0.727. The minimum atomic E-state index is -3.21. The lowest BCUT2D eigenvalue weighted by Crippen LogP contribution is -2.47. The number of aromatic nitrogens is 1. The fraction of sp³-hybridized carbons (Fsp3) is 0.474. The Morgan fingerprint density at radius 3 is 2.59 bits per heavy atom. The van der Waals surface area contributed by atoms with Crippen molar-refractivity contribution in [3.05, 3.63) is 45.4 Å². The Labute approximate surface area is 180 Å². The van der Waals surface area contributed by atoms with Gasteiger partial charge < -0.3 is 9.64 Å². The Morgan fingerprint density at radius 2 is 1.97 bits per heavy atom. The summed E-state index contributed by atoms with van der Waals surface area (Å²) in [7, 11) is -1.61. The fourth-order valence-corrected chi connectivity index (χ4v) is 4.77. The molecule has 0 atom stereocenters. The highest BCUT2D eigenvalue weighted by Crippen LogP contribution is 2.20. The Balaban J connectivity index is 1.47. The number of hydrogen-bond donors (Lipinski definition) is 0. The Bertz CT molecular complexity index is 939. The molecule has 158 valence electrons. The Morgan fingerprint density at radius 1 is 1.31 bits per heavy atom. The molecule has 0 unspecified atom stereocenters. The van der Waals surface area contributed by atoms with Crippen molar-refractivity contribution in [1.82, 2.24) is 14.2 Å². The summed E-state index contributed by atoms with van der Waals surface area (Å²) < 4.78 is 30.4. The van der Waals surface area contributed by atoms with Gasteiger partial charge in [0, 0.05) is 36.6 Å². The summed E-state index contributed by atoms with van der Waals surface area (Å²) in [4.78, 5) is 18.8. The molecule has 29 heavy (non-hydrogen) atoms. The van der Waals surface area contributed by atoms with E-state index in [1.54, 1.807) is 36.2 Å². The predicted molar refractivity (Wildman–Crippen MR) is 114 cm³/mol.